The molecule has 0 saturated carbocycles. The third-order valence-corrected chi connectivity index (χ3v) is 2.57. The van der Waals surface area contributed by atoms with Crippen molar-refractivity contribution >= 4 is 22.1 Å². The van der Waals surface area contributed by atoms with Crippen LogP contribution in [0.2, 0.25) is 0 Å². The predicted octanol–water partition coefficient (Wildman–Crippen LogP) is 0.331. The summed E-state index contributed by atoms with van der Waals surface area (Å²) in [5.41, 5.74) is -6.40. The molecule has 13 heteroatoms. The number of nitrogens with zero attached hydrogens (tertiary/aromatic N) is 1. The Labute approximate surface area is 126 Å². The van der Waals surface area contributed by atoms with E-state index in [4.69, 9.17) is 13.0 Å². The van der Waals surface area contributed by atoms with Crippen molar-refractivity contribution in [2.75, 3.05) is 14.2 Å². The van der Waals surface area contributed by atoms with Gasteiger partial charge in [-0.2, -0.15) is 13.2 Å². The van der Waals surface area contributed by atoms with Crippen molar-refractivity contribution in [1.82, 2.24) is 0 Å². The highest BCUT2D eigenvalue weighted by atomic mass is 32.2. The molecule has 0 fully saturated rings. The van der Waals surface area contributed by atoms with Crippen LogP contribution in [-0.2, 0) is 19.6 Å². The monoisotopic (exact) mass is 363 g/mol. The van der Waals surface area contributed by atoms with Gasteiger partial charge in [-0.05, 0) is 6.07 Å². The normalized spacial score (nSPS) is 11.1. The topological polar surface area (TPSA) is 114 Å². The van der Waals surface area contributed by atoms with E-state index in [2.05, 4.69) is 9.47 Å². The van der Waals surface area contributed by atoms with E-state index < -0.39 is 27.6 Å². The summed E-state index contributed by atoms with van der Waals surface area (Å²) in [5, 5.41) is 0. The number of aromatic nitrogens is 1. The fraction of sp³-hybridized carbons (Fsp3) is 0.300. The van der Waals surface area contributed by atoms with E-state index >= 15 is 0 Å². The van der Waals surface area contributed by atoms with Crippen LogP contribution in [-0.4, -0.2) is 44.6 Å². The van der Waals surface area contributed by atoms with Crippen LogP contribution in [0.15, 0.2) is 18.2 Å². The minimum atomic E-state index is -6.09. The highest BCUT2D eigenvalue weighted by Gasteiger charge is 2.37. The molecule has 0 spiro atoms. The molecular weight excluding hydrogens is 354 g/mol. The number of ether oxygens (including phenoxy) is 2. The lowest BCUT2D eigenvalue weighted by molar-refractivity contribution is -0.847. The second-order valence-electron chi connectivity index (χ2n) is 3.46. The molecule has 0 unspecified atom stereocenters. The zero-order chi connectivity index (χ0) is 18.4. The van der Waals surface area contributed by atoms with Crippen molar-refractivity contribution < 1.29 is 54.5 Å². The van der Waals surface area contributed by atoms with E-state index in [1.54, 1.807) is 0 Å². The molecule has 1 aromatic rings. The van der Waals surface area contributed by atoms with Gasteiger partial charge in [0.2, 0.25) is 0 Å². The van der Waals surface area contributed by atoms with Crippen LogP contribution in [0, 0.1) is 0 Å². The van der Waals surface area contributed by atoms with Gasteiger partial charge in [0, 0.05) is 16.9 Å². The fourth-order valence-electron chi connectivity index (χ4n) is 0.997. The minimum Gasteiger partial charge on any atom is -0.741 e. The second kappa shape index (κ2) is 7.82. The molecule has 0 aliphatic heterocycles. The smallest absolute Gasteiger partial charge is 0.485 e. The average Bonchev–Trinajstić information content (AvgIpc) is 2.44. The molecule has 0 amide bonds. The zero-order valence-electron chi connectivity index (χ0n) is 11.5. The molecule has 0 N–H and O–H groups in total. The fourth-order valence-corrected chi connectivity index (χ4v) is 0.997. The number of rotatable bonds is 2. The summed E-state index contributed by atoms with van der Waals surface area (Å²) in [7, 11) is -3.85. The Morgan fingerprint density at radius 1 is 1.09 bits per heavy atom. The van der Waals surface area contributed by atoms with Crippen LogP contribution in [0.25, 0.3) is 0 Å². The first-order valence-electron chi connectivity index (χ1n) is 5.26. The van der Waals surface area contributed by atoms with Crippen LogP contribution in [0.4, 0.5) is 17.7 Å². The number of alkyl halides is 3. The maximum Gasteiger partial charge on any atom is 0.485 e. The van der Waals surface area contributed by atoms with Crippen molar-refractivity contribution in [2.24, 2.45) is 0 Å². The number of carbonyl (C=O) groups excluding carboxylic acids is 2. The molecule has 1 heterocycles. The zero-order valence-corrected chi connectivity index (χ0v) is 12.3. The summed E-state index contributed by atoms with van der Waals surface area (Å²) in [6.07, 6.45) is 0. The van der Waals surface area contributed by atoms with Crippen molar-refractivity contribution in [1.29, 1.82) is 0 Å². The van der Waals surface area contributed by atoms with Crippen LogP contribution in [0.1, 0.15) is 21.0 Å². The van der Waals surface area contributed by atoms with Crippen molar-refractivity contribution in [3.63, 3.8) is 0 Å². The quantitative estimate of drug-likeness (QED) is 0.322. The van der Waals surface area contributed by atoms with E-state index in [0.717, 1.165) is 14.2 Å². The molecule has 8 nitrogen and oxygen atoms in total. The summed E-state index contributed by atoms with van der Waals surface area (Å²) in [5.74, 6) is -1.74. The molecular formula is C10H9F4NO7S. The van der Waals surface area contributed by atoms with E-state index in [1.165, 1.54) is 18.2 Å². The Balaban J connectivity index is 0.000000515. The van der Waals surface area contributed by atoms with Gasteiger partial charge in [0.1, 0.15) is 0 Å². The number of carbonyl (C=O) groups is 2. The Morgan fingerprint density at radius 3 is 1.61 bits per heavy atom. The number of methoxy groups -OCH3 is 2. The summed E-state index contributed by atoms with van der Waals surface area (Å²) < 4.78 is 81.0. The summed E-state index contributed by atoms with van der Waals surface area (Å²) in [6, 6.07) is 3.74. The lowest BCUT2D eigenvalue weighted by Crippen LogP contribution is -2.39. The first-order valence-corrected chi connectivity index (χ1v) is 6.67. The van der Waals surface area contributed by atoms with Gasteiger partial charge in [0.15, 0.2) is 10.1 Å². The summed E-state index contributed by atoms with van der Waals surface area (Å²) in [6.45, 7) is 0. The van der Waals surface area contributed by atoms with Gasteiger partial charge in [0.25, 0.3) is 0 Å². The van der Waals surface area contributed by atoms with Gasteiger partial charge >= 0.3 is 28.8 Å². The summed E-state index contributed by atoms with van der Waals surface area (Å²) >= 11 is 0. The Kier molecular flexibility index (Phi) is 7.05. The molecule has 23 heavy (non-hydrogen) atoms. The van der Waals surface area contributed by atoms with Crippen LogP contribution in [0.3, 0.4) is 0 Å². The number of hydrogen-bond acceptors (Lipinski definition) is 7. The highest BCUT2D eigenvalue weighted by molar-refractivity contribution is 7.86. The molecule has 0 aliphatic rings. The van der Waals surface area contributed by atoms with Crippen molar-refractivity contribution in [3.05, 3.63) is 29.6 Å². The molecule has 0 atom stereocenters. The van der Waals surface area contributed by atoms with Crippen molar-refractivity contribution in [2.45, 2.75) is 5.51 Å². The van der Waals surface area contributed by atoms with E-state index in [1.807, 2.05) is 0 Å². The molecule has 1 aromatic heterocycles. The average molecular weight is 363 g/mol. The molecule has 130 valence electrons. The molecule has 1 rings (SSSR count). The first-order chi connectivity index (χ1) is 10.4. The third kappa shape index (κ3) is 5.78. The van der Waals surface area contributed by atoms with Gasteiger partial charge in [-0.25, -0.2) is 18.0 Å². The lowest BCUT2D eigenvalue weighted by Gasteiger charge is -2.08. The Bertz CT molecular complexity index is 653. The molecule has 0 radical (unpaired) electrons. The number of hydrogen-bond donors (Lipinski definition) is 0. The maximum absolute atomic E-state index is 13.5. The van der Waals surface area contributed by atoms with Gasteiger partial charge in [-0.15, -0.1) is 0 Å². The lowest BCUT2D eigenvalue weighted by atomic mass is 10.3. The van der Waals surface area contributed by atoms with E-state index in [9.17, 15) is 27.2 Å². The SMILES string of the molecule is COC(=O)c1cccc(C(=O)OC)[n+]1F.O=S(=O)([O-])C(F)(F)F. The molecule has 0 bridgehead atoms. The van der Waals surface area contributed by atoms with E-state index in [-0.39, 0.29) is 16.2 Å². The summed E-state index contributed by atoms with van der Waals surface area (Å²) in [4.78, 5) is 22.1. The van der Waals surface area contributed by atoms with Gasteiger partial charge < -0.3 is 14.0 Å². The van der Waals surface area contributed by atoms with Crippen molar-refractivity contribution in [3.8, 4) is 0 Å². The Morgan fingerprint density at radius 2 is 1.39 bits per heavy atom. The van der Waals surface area contributed by atoms with Crippen LogP contribution >= 0.6 is 0 Å². The molecule has 0 saturated heterocycles. The molecule has 0 aromatic carbocycles. The van der Waals surface area contributed by atoms with Gasteiger partial charge in [-0.1, -0.05) is 0 Å². The molecule has 0 aliphatic carbocycles. The highest BCUT2D eigenvalue weighted by Crippen LogP contribution is 2.20. The van der Waals surface area contributed by atoms with Crippen LogP contribution in [0.5, 0.6) is 0 Å². The van der Waals surface area contributed by atoms with Gasteiger partial charge in [-0.3, -0.25) is 0 Å². The first kappa shape index (κ1) is 20.7. The predicted molar refractivity (Wildman–Crippen MR) is 61.6 cm³/mol. The van der Waals surface area contributed by atoms with Gasteiger partial charge in [0.05, 0.1) is 18.7 Å². The number of halogens is 4. The van der Waals surface area contributed by atoms with E-state index in [0.29, 0.717) is 0 Å². The second-order valence-corrected chi connectivity index (χ2v) is 4.83. The minimum absolute atomic E-state index is 0.0718. The maximum atomic E-state index is 13.5. The Hall–Kier alpha value is -2.28. The standard InChI is InChI=1S/C9H9FNO4.CHF3O3S/c1-14-8(12)6-4-3-5-7(11(6)10)9(13)15-2;2-1(3,4)8(5,6)7/h3-5H,1-2H3;(H,5,6,7)/q+1;/p-1. The van der Waals surface area contributed by atoms with Crippen LogP contribution < -0.4 is 4.79 Å². The largest absolute Gasteiger partial charge is 0.741 e. The number of pyridine rings is 1. The number of esters is 2. The third-order valence-electron chi connectivity index (χ3n) is 2.00.